The van der Waals surface area contributed by atoms with Crippen molar-refractivity contribution in [2.45, 2.75) is 13.5 Å². The molecule has 0 saturated carbocycles. The summed E-state index contributed by atoms with van der Waals surface area (Å²) in [7, 11) is 0. The minimum Gasteiger partial charge on any atom is -0.490 e. The van der Waals surface area contributed by atoms with E-state index in [9.17, 15) is 20.2 Å². The molecule has 8 nitrogen and oxygen atoms in total. The van der Waals surface area contributed by atoms with E-state index in [1.807, 2.05) is 6.92 Å². The molecule has 0 saturated heterocycles. The maximum Gasteiger partial charge on any atom is 0.335 e. The summed E-state index contributed by atoms with van der Waals surface area (Å²) < 4.78 is 12.3. The number of hydrogen-bond acceptors (Lipinski definition) is 6. The highest BCUT2D eigenvalue weighted by Gasteiger charge is 2.14. The smallest absolute Gasteiger partial charge is 0.335 e. The summed E-state index contributed by atoms with van der Waals surface area (Å²) in [4.78, 5) is 21.4. The van der Waals surface area contributed by atoms with E-state index in [-0.39, 0.29) is 17.9 Å². The summed E-state index contributed by atoms with van der Waals surface area (Å²) >= 11 is 3.50. The summed E-state index contributed by atoms with van der Waals surface area (Å²) in [6.07, 6.45) is 1.66. The monoisotopic (exact) mass is 522 g/mol. The van der Waals surface area contributed by atoms with Crippen LogP contribution in [-0.4, -0.2) is 22.6 Å². The highest BCUT2D eigenvalue weighted by molar-refractivity contribution is 9.10. The second-order valence-corrected chi connectivity index (χ2v) is 7.88. The van der Waals surface area contributed by atoms with E-state index in [0.29, 0.717) is 39.3 Å². The second kappa shape index (κ2) is 11.1. The van der Waals surface area contributed by atoms with Gasteiger partial charge in [-0.2, -0.15) is 5.26 Å². The molecule has 0 atom stereocenters. The first-order valence-corrected chi connectivity index (χ1v) is 10.9. The van der Waals surface area contributed by atoms with Crippen molar-refractivity contribution in [2.24, 2.45) is 0 Å². The van der Waals surface area contributed by atoms with Crippen molar-refractivity contribution < 1.29 is 24.3 Å². The Labute approximate surface area is 204 Å². The summed E-state index contributed by atoms with van der Waals surface area (Å²) in [6.45, 7) is 2.42. The molecule has 0 unspecified atom stereocenters. The number of carbonyl (C=O) groups is 1. The lowest BCUT2D eigenvalue weighted by molar-refractivity contribution is -0.384. The van der Waals surface area contributed by atoms with Gasteiger partial charge in [-0.1, -0.05) is 12.1 Å². The van der Waals surface area contributed by atoms with Gasteiger partial charge in [-0.15, -0.1) is 0 Å². The number of carboxylic acid groups (broad SMARTS) is 1. The molecule has 172 valence electrons. The van der Waals surface area contributed by atoms with Gasteiger partial charge in [-0.3, -0.25) is 10.1 Å². The van der Waals surface area contributed by atoms with Crippen LogP contribution in [0.2, 0.25) is 0 Å². The third-order valence-corrected chi connectivity index (χ3v) is 5.33. The van der Waals surface area contributed by atoms with E-state index in [2.05, 4.69) is 22.0 Å². The van der Waals surface area contributed by atoms with Gasteiger partial charge in [0.2, 0.25) is 0 Å². The van der Waals surface area contributed by atoms with Gasteiger partial charge in [-0.25, -0.2) is 4.79 Å². The number of hydrogen-bond donors (Lipinski definition) is 1. The fraction of sp³-hybridized carbons (Fsp3) is 0.120. The number of aromatic carboxylic acids is 1. The lowest BCUT2D eigenvalue weighted by Gasteiger charge is -2.15. The van der Waals surface area contributed by atoms with Crippen LogP contribution in [0.25, 0.3) is 11.6 Å². The van der Waals surface area contributed by atoms with E-state index in [0.717, 1.165) is 5.56 Å². The van der Waals surface area contributed by atoms with Gasteiger partial charge >= 0.3 is 5.97 Å². The van der Waals surface area contributed by atoms with Crippen LogP contribution < -0.4 is 9.47 Å². The minimum atomic E-state index is -0.997. The zero-order valence-electron chi connectivity index (χ0n) is 18.0. The summed E-state index contributed by atoms with van der Waals surface area (Å²) in [6, 6.07) is 17.8. The molecular weight excluding hydrogens is 504 g/mol. The lowest BCUT2D eigenvalue weighted by Crippen LogP contribution is -2.02. The Morgan fingerprint density at radius 2 is 1.76 bits per heavy atom. The summed E-state index contributed by atoms with van der Waals surface area (Å²) in [5.74, 6) is -0.0654. The highest BCUT2D eigenvalue weighted by atomic mass is 79.9. The molecule has 0 fully saturated rings. The van der Waals surface area contributed by atoms with Crippen LogP contribution in [0, 0.1) is 21.4 Å². The number of carboxylic acids is 1. The maximum absolute atomic E-state index is 11.0. The molecule has 3 aromatic carbocycles. The fourth-order valence-corrected chi connectivity index (χ4v) is 3.66. The average molecular weight is 523 g/mol. The largest absolute Gasteiger partial charge is 0.490 e. The van der Waals surface area contributed by atoms with Crippen LogP contribution in [0.5, 0.6) is 11.5 Å². The fourth-order valence-electron chi connectivity index (χ4n) is 3.08. The minimum absolute atomic E-state index is 0.0541. The third-order valence-electron chi connectivity index (χ3n) is 4.74. The number of nitriles is 1. The van der Waals surface area contributed by atoms with Gasteiger partial charge in [0.1, 0.15) is 6.61 Å². The molecule has 0 heterocycles. The Hall–Kier alpha value is -4.16. The molecule has 34 heavy (non-hydrogen) atoms. The van der Waals surface area contributed by atoms with Crippen molar-refractivity contribution in [3.05, 3.63) is 97.5 Å². The van der Waals surface area contributed by atoms with Gasteiger partial charge in [0.05, 0.1) is 33.2 Å². The zero-order valence-corrected chi connectivity index (χ0v) is 19.6. The number of allylic oxidation sites excluding steroid dienone is 1. The molecular formula is C25H19BrN2O6. The molecule has 0 aliphatic rings. The van der Waals surface area contributed by atoms with Crippen molar-refractivity contribution >= 4 is 39.2 Å². The standard InChI is InChI=1S/C25H19BrN2O6/c1-2-33-23-13-17(11-20(14-27)18-7-9-21(10-8-18)28(31)32)12-22(26)24(23)34-15-16-3-5-19(6-4-16)25(29)30/h3-13H,2,15H2,1H3,(H,29,30)/b20-11+. The van der Waals surface area contributed by atoms with Crippen molar-refractivity contribution in [3.8, 4) is 17.6 Å². The number of nitro benzene ring substituents is 1. The van der Waals surface area contributed by atoms with Crippen LogP contribution in [0.15, 0.2) is 65.1 Å². The number of rotatable bonds is 9. The average Bonchev–Trinajstić information content (AvgIpc) is 2.82. The second-order valence-electron chi connectivity index (χ2n) is 7.03. The SMILES string of the molecule is CCOc1cc(/C=C(\C#N)c2ccc([N+](=O)[O-])cc2)cc(Br)c1OCc1ccc(C(=O)O)cc1. The quantitative estimate of drug-likeness (QED) is 0.156. The Morgan fingerprint density at radius 1 is 1.12 bits per heavy atom. The first-order valence-electron chi connectivity index (χ1n) is 10.1. The van der Waals surface area contributed by atoms with Crippen molar-refractivity contribution in [2.75, 3.05) is 6.61 Å². The van der Waals surface area contributed by atoms with Crippen molar-refractivity contribution in [1.29, 1.82) is 5.26 Å². The molecule has 9 heteroatoms. The van der Waals surface area contributed by atoms with E-state index >= 15 is 0 Å². The Balaban J connectivity index is 1.87. The molecule has 0 spiro atoms. The molecule has 3 aromatic rings. The van der Waals surface area contributed by atoms with Gasteiger partial charge in [-0.05, 0) is 82.0 Å². The maximum atomic E-state index is 11.0. The Bertz CT molecular complexity index is 1280. The first kappa shape index (κ1) is 24.5. The van der Waals surface area contributed by atoms with E-state index in [1.165, 1.54) is 36.4 Å². The number of benzene rings is 3. The lowest BCUT2D eigenvalue weighted by atomic mass is 10.0. The number of nitro groups is 1. The number of non-ortho nitro benzene ring substituents is 1. The van der Waals surface area contributed by atoms with Crippen LogP contribution in [-0.2, 0) is 6.61 Å². The van der Waals surface area contributed by atoms with Crippen LogP contribution in [0.4, 0.5) is 5.69 Å². The van der Waals surface area contributed by atoms with Gasteiger partial charge < -0.3 is 14.6 Å². The third kappa shape index (κ3) is 5.99. The van der Waals surface area contributed by atoms with Crippen molar-refractivity contribution in [1.82, 2.24) is 0 Å². The van der Waals surface area contributed by atoms with E-state index in [4.69, 9.17) is 14.6 Å². The molecule has 0 aliphatic heterocycles. The number of nitrogens with zero attached hydrogens (tertiary/aromatic N) is 2. The number of halogens is 1. The van der Waals surface area contributed by atoms with Crippen LogP contribution in [0.1, 0.15) is 34.0 Å². The van der Waals surface area contributed by atoms with E-state index in [1.54, 1.807) is 30.3 Å². The molecule has 0 bridgehead atoms. The summed E-state index contributed by atoms with van der Waals surface area (Å²) in [5.41, 5.74) is 2.47. The van der Waals surface area contributed by atoms with Crippen LogP contribution in [0.3, 0.4) is 0 Å². The predicted molar refractivity (Wildman–Crippen MR) is 130 cm³/mol. The molecule has 0 amide bonds. The highest BCUT2D eigenvalue weighted by Crippen LogP contribution is 2.38. The Kier molecular flexibility index (Phi) is 8.01. The predicted octanol–water partition coefficient (Wildman–Crippen LogP) is 6.10. The molecule has 0 radical (unpaired) electrons. The zero-order chi connectivity index (χ0) is 24.7. The topological polar surface area (TPSA) is 123 Å². The normalized spacial score (nSPS) is 10.9. The van der Waals surface area contributed by atoms with Crippen LogP contribution >= 0.6 is 15.9 Å². The Morgan fingerprint density at radius 3 is 2.32 bits per heavy atom. The molecule has 1 N–H and O–H groups in total. The summed E-state index contributed by atoms with van der Waals surface area (Å²) in [5, 5.41) is 29.5. The number of ether oxygens (including phenoxy) is 2. The van der Waals surface area contributed by atoms with Gasteiger partial charge in [0, 0.05) is 12.1 Å². The van der Waals surface area contributed by atoms with Gasteiger partial charge in [0.15, 0.2) is 11.5 Å². The molecule has 3 rings (SSSR count). The van der Waals surface area contributed by atoms with E-state index < -0.39 is 10.9 Å². The van der Waals surface area contributed by atoms with Gasteiger partial charge in [0.25, 0.3) is 5.69 Å². The first-order chi connectivity index (χ1) is 16.3. The van der Waals surface area contributed by atoms with Crippen molar-refractivity contribution in [3.63, 3.8) is 0 Å². The molecule has 0 aliphatic carbocycles. The molecule has 0 aromatic heterocycles.